The maximum atomic E-state index is 11.1. The van der Waals surface area contributed by atoms with E-state index in [4.69, 9.17) is 5.11 Å². The Morgan fingerprint density at radius 2 is 2.00 bits per heavy atom. The van der Waals surface area contributed by atoms with E-state index < -0.39 is 0 Å². The van der Waals surface area contributed by atoms with Crippen LogP contribution in [0, 0.1) is 0 Å². The van der Waals surface area contributed by atoms with Gasteiger partial charge in [-0.3, -0.25) is 4.79 Å². The van der Waals surface area contributed by atoms with Gasteiger partial charge in [0.2, 0.25) is 0 Å². The van der Waals surface area contributed by atoms with Gasteiger partial charge in [-0.05, 0) is 30.0 Å². The van der Waals surface area contributed by atoms with E-state index in [-0.39, 0.29) is 17.6 Å². The van der Waals surface area contributed by atoms with Gasteiger partial charge < -0.3 is 9.84 Å². The third-order valence-corrected chi connectivity index (χ3v) is 2.50. The van der Waals surface area contributed by atoms with Crippen molar-refractivity contribution in [2.24, 2.45) is 0 Å². The van der Waals surface area contributed by atoms with E-state index in [2.05, 4.69) is 4.74 Å². The van der Waals surface area contributed by atoms with Crippen LogP contribution < -0.4 is 0 Å². The lowest BCUT2D eigenvalue weighted by Gasteiger charge is -2.13. The number of phenolic OH excluding ortho intramolecular Hbond substituents is 1. The molecule has 0 bridgehead atoms. The summed E-state index contributed by atoms with van der Waals surface area (Å²) in [4.78, 5) is 11.1. The zero-order chi connectivity index (χ0) is 11.3. The second-order valence-corrected chi connectivity index (χ2v) is 3.48. The molecule has 0 radical (unpaired) electrons. The molecule has 1 aromatic carbocycles. The van der Waals surface area contributed by atoms with E-state index in [9.17, 15) is 4.79 Å². The van der Waals surface area contributed by atoms with Crippen molar-refractivity contribution in [3.63, 3.8) is 0 Å². The first-order valence-electron chi connectivity index (χ1n) is 5.03. The van der Waals surface area contributed by atoms with E-state index in [0.717, 1.165) is 12.0 Å². The number of phenols is 1. The van der Waals surface area contributed by atoms with Crippen LogP contribution in [-0.2, 0) is 9.53 Å². The fraction of sp³-hybridized carbons (Fsp3) is 0.417. The van der Waals surface area contributed by atoms with E-state index in [1.165, 1.54) is 7.11 Å². The lowest BCUT2D eigenvalue weighted by Crippen LogP contribution is -2.07. The van der Waals surface area contributed by atoms with Gasteiger partial charge in [-0.2, -0.15) is 0 Å². The summed E-state index contributed by atoms with van der Waals surface area (Å²) in [6, 6.07) is 6.95. The molecule has 1 atom stereocenters. The second kappa shape index (κ2) is 5.39. The Morgan fingerprint density at radius 1 is 1.40 bits per heavy atom. The zero-order valence-corrected chi connectivity index (χ0v) is 9.06. The first-order chi connectivity index (χ1) is 7.17. The summed E-state index contributed by atoms with van der Waals surface area (Å²) >= 11 is 0. The predicted molar refractivity (Wildman–Crippen MR) is 57.8 cm³/mol. The maximum Gasteiger partial charge on any atom is 0.306 e. The fourth-order valence-corrected chi connectivity index (χ4v) is 1.53. The molecule has 0 aliphatic heterocycles. The Labute approximate surface area is 89.7 Å². The van der Waals surface area contributed by atoms with E-state index >= 15 is 0 Å². The van der Waals surface area contributed by atoms with Crippen molar-refractivity contribution in [2.45, 2.75) is 25.7 Å². The monoisotopic (exact) mass is 208 g/mol. The fourth-order valence-electron chi connectivity index (χ4n) is 1.53. The van der Waals surface area contributed by atoms with Crippen LogP contribution in [0.3, 0.4) is 0 Å². The minimum atomic E-state index is -0.199. The molecule has 0 saturated heterocycles. The van der Waals surface area contributed by atoms with Crippen LogP contribution >= 0.6 is 0 Å². The minimum absolute atomic E-state index is 0.165. The molecule has 3 nitrogen and oxygen atoms in total. The number of ether oxygens (including phenoxy) is 1. The van der Waals surface area contributed by atoms with Crippen molar-refractivity contribution in [1.82, 2.24) is 0 Å². The van der Waals surface area contributed by atoms with Gasteiger partial charge >= 0.3 is 5.97 Å². The summed E-state index contributed by atoms with van der Waals surface area (Å²) < 4.78 is 4.64. The van der Waals surface area contributed by atoms with Gasteiger partial charge in [-0.15, -0.1) is 0 Å². The van der Waals surface area contributed by atoms with Gasteiger partial charge in [-0.1, -0.05) is 19.1 Å². The van der Waals surface area contributed by atoms with Gasteiger partial charge in [0.25, 0.3) is 0 Å². The Balaban J connectivity index is 2.74. The average Bonchev–Trinajstić information content (AvgIpc) is 2.27. The molecule has 1 aromatic rings. The van der Waals surface area contributed by atoms with Crippen molar-refractivity contribution in [1.29, 1.82) is 0 Å². The standard InChI is InChI=1S/C12H16O3/c1-3-9(8-12(14)15-2)10-4-6-11(13)7-5-10/h4-7,9,13H,3,8H2,1-2H3/t9-/m1/s1. The van der Waals surface area contributed by atoms with Gasteiger partial charge in [0.1, 0.15) is 5.75 Å². The molecule has 15 heavy (non-hydrogen) atoms. The SMILES string of the molecule is CC[C@H](CC(=O)OC)c1ccc(O)cc1. The highest BCUT2D eigenvalue weighted by Crippen LogP contribution is 2.25. The van der Waals surface area contributed by atoms with E-state index in [0.29, 0.717) is 6.42 Å². The van der Waals surface area contributed by atoms with Gasteiger partial charge in [-0.25, -0.2) is 0 Å². The molecule has 0 saturated carbocycles. The van der Waals surface area contributed by atoms with Crippen LogP contribution in [0.2, 0.25) is 0 Å². The summed E-state index contributed by atoms with van der Waals surface area (Å²) in [7, 11) is 1.39. The smallest absolute Gasteiger partial charge is 0.306 e. The highest BCUT2D eigenvalue weighted by atomic mass is 16.5. The van der Waals surface area contributed by atoms with Crippen molar-refractivity contribution < 1.29 is 14.6 Å². The lowest BCUT2D eigenvalue weighted by atomic mass is 9.93. The number of carbonyl (C=O) groups is 1. The normalized spacial score (nSPS) is 12.1. The van der Waals surface area contributed by atoms with Crippen molar-refractivity contribution in [2.75, 3.05) is 7.11 Å². The third kappa shape index (κ3) is 3.27. The number of hydrogen-bond acceptors (Lipinski definition) is 3. The first-order valence-corrected chi connectivity index (χ1v) is 5.03. The molecule has 0 heterocycles. The van der Waals surface area contributed by atoms with Crippen molar-refractivity contribution >= 4 is 5.97 Å². The molecule has 0 aromatic heterocycles. The van der Waals surface area contributed by atoms with Gasteiger partial charge in [0, 0.05) is 0 Å². The van der Waals surface area contributed by atoms with Crippen molar-refractivity contribution in [3.05, 3.63) is 29.8 Å². The van der Waals surface area contributed by atoms with Crippen molar-refractivity contribution in [3.8, 4) is 5.75 Å². The molecule has 1 rings (SSSR count). The van der Waals surface area contributed by atoms with Crippen LogP contribution in [-0.4, -0.2) is 18.2 Å². The summed E-state index contributed by atoms with van der Waals surface area (Å²) in [5.74, 6) is 0.208. The third-order valence-electron chi connectivity index (χ3n) is 2.50. The summed E-state index contributed by atoms with van der Waals surface area (Å²) in [5, 5.41) is 9.15. The lowest BCUT2D eigenvalue weighted by molar-refractivity contribution is -0.141. The van der Waals surface area contributed by atoms with Crippen LogP contribution in [0.15, 0.2) is 24.3 Å². The Kier molecular flexibility index (Phi) is 4.16. The van der Waals surface area contributed by atoms with Crippen LogP contribution in [0.25, 0.3) is 0 Å². The molecule has 0 spiro atoms. The largest absolute Gasteiger partial charge is 0.508 e. The summed E-state index contributed by atoms with van der Waals surface area (Å²) in [6.45, 7) is 2.03. The predicted octanol–water partition coefficient (Wildman–Crippen LogP) is 2.45. The number of carbonyl (C=O) groups excluding carboxylic acids is 1. The molecule has 0 unspecified atom stereocenters. The van der Waals surface area contributed by atoms with E-state index in [1.54, 1.807) is 12.1 Å². The Hall–Kier alpha value is -1.51. The van der Waals surface area contributed by atoms with Crippen LogP contribution in [0.1, 0.15) is 31.2 Å². The minimum Gasteiger partial charge on any atom is -0.508 e. The molecule has 0 aliphatic rings. The number of esters is 1. The molecule has 1 N–H and O–H groups in total. The Bertz CT molecular complexity index is 316. The molecular weight excluding hydrogens is 192 g/mol. The second-order valence-electron chi connectivity index (χ2n) is 3.48. The van der Waals surface area contributed by atoms with Crippen LogP contribution in [0.4, 0.5) is 0 Å². The molecule has 3 heteroatoms. The van der Waals surface area contributed by atoms with Crippen LogP contribution in [0.5, 0.6) is 5.75 Å². The summed E-state index contributed by atoms with van der Waals surface area (Å²) in [5.41, 5.74) is 1.06. The molecule has 0 amide bonds. The average molecular weight is 208 g/mol. The number of aromatic hydroxyl groups is 1. The topological polar surface area (TPSA) is 46.5 Å². The molecular formula is C12H16O3. The zero-order valence-electron chi connectivity index (χ0n) is 9.06. The number of benzene rings is 1. The van der Waals surface area contributed by atoms with Gasteiger partial charge in [0.05, 0.1) is 13.5 Å². The number of rotatable bonds is 4. The molecule has 82 valence electrons. The summed E-state index contributed by atoms with van der Waals surface area (Å²) in [6.07, 6.45) is 1.26. The maximum absolute atomic E-state index is 11.1. The number of hydrogen-bond donors (Lipinski definition) is 1. The highest BCUT2D eigenvalue weighted by molar-refractivity contribution is 5.70. The quantitative estimate of drug-likeness (QED) is 0.773. The highest BCUT2D eigenvalue weighted by Gasteiger charge is 2.14. The molecule has 0 aliphatic carbocycles. The first kappa shape index (κ1) is 11.6. The van der Waals surface area contributed by atoms with E-state index in [1.807, 2.05) is 19.1 Å². The molecule has 0 fully saturated rings. The Morgan fingerprint density at radius 3 is 2.47 bits per heavy atom. The van der Waals surface area contributed by atoms with Gasteiger partial charge in [0.15, 0.2) is 0 Å². The number of methoxy groups -OCH3 is 1.